The number of nitrogens with zero attached hydrogens (tertiary/aromatic N) is 4. The van der Waals surface area contributed by atoms with Crippen LogP contribution in [0.4, 0.5) is 5.69 Å². The Kier molecular flexibility index (Phi) is 7.44. The lowest BCUT2D eigenvalue weighted by Crippen LogP contribution is -2.45. The number of likely N-dealkylation sites (tertiary alicyclic amines) is 1. The fourth-order valence-electron chi connectivity index (χ4n) is 4.35. The zero-order chi connectivity index (χ0) is 24.9. The van der Waals surface area contributed by atoms with Crippen molar-refractivity contribution in [3.05, 3.63) is 74.4 Å². The number of ether oxygens (including phenoxy) is 1. The Bertz CT molecular complexity index is 1320. The zero-order valence-corrected chi connectivity index (χ0v) is 19.9. The molecule has 1 fully saturated rings. The SMILES string of the molecule is COc1ccc2ncc(C#N)c(CCN3CCC(NC(=O)c4ccc(Cl)c([N+](=O)[O-])c4)CC3)c2c1. The maximum absolute atomic E-state index is 12.6. The highest BCUT2D eigenvalue weighted by Crippen LogP contribution is 2.27. The van der Waals surface area contributed by atoms with Crippen LogP contribution in [0.3, 0.4) is 0 Å². The number of pyridine rings is 1. The molecule has 3 aromatic rings. The largest absolute Gasteiger partial charge is 0.497 e. The van der Waals surface area contributed by atoms with Crippen LogP contribution in [-0.2, 0) is 6.42 Å². The molecule has 4 rings (SSSR count). The van der Waals surface area contributed by atoms with Crippen LogP contribution in [0.1, 0.15) is 34.3 Å². The molecule has 0 bridgehead atoms. The minimum atomic E-state index is -0.600. The minimum absolute atomic E-state index is 0.000154. The molecular weight excluding hydrogens is 470 g/mol. The third-order valence-corrected chi connectivity index (χ3v) is 6.63. The van der Waals surface area contributed by atoms with Crippen molar-refractivity contribution < 1.29 is 14.5 Å². The molecular formula is C25H24ClN5O4. The van der Waals surface area contributed by atoms with E-state index in [9.17, 15) is 20.2 Å². The summed E-state index contributed by atoms with van der Waals surface area (Å²) in [6, 6.07) is 12.0. The number of amides is 1. The first-order chi connectivity index (χ1) is 16.9. The number of rotatable bonds is 7. The van der Waals surface area contributed by atoms with Gasteiger partial charge in [0.2, 0.25) is 0 Å². The lowest BCUT2D eigenvalue weighted by molar-refractivity contribution is -0.384. The molecule has 1 amide bonds. The summed E-state index contributed by atoms with van der Waals surface area (Å²) < 4.78 is 5.35. The molecule has 2 heterocycles. The molecule has 9 nitrogen and oxygen atoms in total. The number of halogens is 1. The van der Waals surface area contributed by atoms with E-state index in [0.717, 1.165) is 54.7 Å². The number of nitrogens with one attached hydrogen (secondary N) is 1. The number of hydrogen-bond donors (Lipinski definition) is 1. The first kappa shape index (κ1) is 24.4. The second-order valence-corrected chi connectivity index (χ2v) is 8.82. The summed E-state index contributed by atoms with van der Waals surface area (Å²) in [7, 11) is 1.61. The van der Waals surface area contributed by atoms with Crippen molar-refractivity contribution in [1.82, 2.24) is 15.2 Å². The van der Waals surface area contributed by atoms with Gasteiger partial charge in [-0.15, -0.1) is 0 Å². The van der Waals surface area contributed by atoms with Gasteiger partial charge in [-0.05, 0) is 55.2 Å². The van der Waals surface area contributed by atoms with Crippen LogP contribution in [0.5, 0.6) is 5.75 Å². The summed E-state index contributed by atoms with van der Waals surface area (Å²) in [5.41, 5.74) is 2.27. The maximum Gasteiger partial charge on any atom is 0.288 e. The molecule has 0 radical (unpaired) electrons. The summed E-state index contributed by atoms with van der Waals surface area (Å²) >= 11 is 5.84. The van der Waals surface area contributed by atoms with Crippen LogP contribution >= 0.6 is 11.6 Å². The van der Waals surface area contributed by atoms with Crippen molar-refractivity contribution >= 4 is 34.1 Å². The molecule has 1 aliphatic heterocycles. The van der Waals surface area contributed by atoms with Gasteiger partial charge in [-0.25, -0.2) is 0 Å². The van der Waals surface area contributed by atoms with Crippen LogP contribution in [0.2, 0.25) is 5.02 Å². The van der Waals surface area contributed by atoms with Crippen LogP contribution < -0.4 is 10.1 Å². The van der Waals surface area contributed by atoms with Crippen LogP contribution in [0.15, 0.2) is 42.6 Å². The normalized spacial score (nSPS) is 14.4. The average molecular weight is 494 g/mol. The molecule has 10 heteroatoms. The number of fused-ring (bicyclic) bond motifs is 1. The fourth-order valence-corrected chi connectivity index (χ4v) is 4.54. The number of nitro groups is 1. The second-order valence-electron chi connectivity index (χ2n) is 8.41. The molecule has 0 saturated carbocycles. The van der Waals surface area contributed by atoms with E-state index >= 15 is 0 Å². The zero-order valence-electron chi connectivity index (χ0n) is 19.2. The fraction of sp³-hybridized carbons (Fsp3) is 0.320. The molecule has 1 N–H and O–H groups in total. The molecule has 1 saturated heterocycles. The smallest absolute Gasteiger partial charge is 0.288 e. The highest BCUT2D eigenvalue weighted by Gasteiger charge is 2.23. The Morgan fingerprint density at radius 3 is 2.77 bits per heavy atom. The number of hydrogen-bond acceptors (Lipinski definition) is 7. The van der Waals surface area contributed by atoms with E-state index in [0.29, 0.717) is 12.0 Å². The lowest BCUT2D eigenvalue weighted by atomic mass is 9.99. The maximum atomic E-state index is 12.6. The van der Waals surface area contributed by atoms with E-state index in [1.54, 1.807) is 13.3 Å². The van der Waals surface area contributed by atoms with E-state index in [-0.39, 0.29) is 28.2 Å². The van der Waals surface area contributed by atoms with Gasteiger partial charge in [0.15, 0.2) is 0 Å². The molecule has 1 aromatic heterocycles. The Balaban J connectivity index is 1.36. The number of nitriles is 1. The first-order valence-electron chi connectivity index (χ1n) is 11.2. The van der Waals surface area contributed by atoms with E-state index < -0.39 is 4.92 Å². The third kappa shape index (κ3) is 5.50. The van der Waals surface area contributed by atoms with Crippen LogP contribution in [0, 0.1) is 21.4 Å². The lowest BCUT2D eigenvalue weighted by Gasteiger charge is -2.32. The summed E-state index contributed by atoms with van der Waals surface area (Å²) in [6.45, 7) is 2.36. The van der Waals surface area contributed by atoms with Gasteiger partial charge >= 0.3 is 0 Å². The molecule has 0 spiro atoms. The van der Waals surface area contributed by atoms with Crippen molar-refractivity contribution in [2.75, 3.05) is 26.7 Å². The molecule has 0 aliphatic carbocycles. The van der Waals surface area contributed by atoms with Gasteiger partial charge in [0.25, 0.3) is 11.6 Å². The number of piperidine rings is 1. The number of aromatic nitrogens is 1. The third-order valence-electron chi connectivity index (χ3n) is 6.31. The molecule has 180 valence electrons. The number of nitro benzene ring substituents is 1. The van der Waals surface area contributed by atoms with E-state index in [4.69, 9.17) is 16.3 Å². The Labute approximate surface area is 207 Å². The van der Waals surface area contributed by atoms with Gasteiger partial charge in [-0.1, -0.05) is 11.6 Å². The van der Waals surface area contributed by atoms with Gasteiger partial charge in [-0.2, -0.15) is 5.26 Å². The average Bonchev–Trinajstić information content (AvgIpc) is 2.87. The predicted octanol–water partition coefficient (Wildman–Crippen LogP) is 4.11. The number of methoxy groups -OCH3 is 1. The standard InChI is InChI=1S/C25H24ClN5O4/c1-35-19-3-5-23-21(13-19)20(17(14-27)15-28-23)8-11-30-9-6-18(7-10-30)29-25(32)16-2-4-22(26)24(12-16)31(33)34/h2-5,12-13,15,18H,6-11H2,1H3,(H,29,32). The van der Waals surface area contributed by atoms with Gasteiger partial charge in [-0.3, -0.25) is 19.9 Å². The Hall–Kier alpha value is -3.74. The van der Waals surface area contributed by atoms with Gasteiger partial charge in [0.1, 0.15) is 16.8 Å². The highest BCUT2D eigenvalue weighted by molar-refractivity contribution is 6.32. The number of carbonyl (C=O) groups is 1. The summed E-state index contributed by atoms with van der Waals surface area (Å²) in [4.78, 5) is 29.8. The number of benzene rings is 2. The summed E-state index contributed by atoms with van der Waals surface area (Å²) in [6.07, 6.45) is 3.84. The molecule has 35 heavy (non-hydrogen) atoms. The highest BCUT2D eigenvalue weighted by atomic mass is 35.5. The van der Waals surface area contributed by atoms with Crippen LogP contribution in [-0.4, -0.2) is 53.5 Å². The summed E-state index contributed by atoms with van der Waals surface area (Å²) in [5, 5.41) is 24.6. The van der Waals surface area contributed by atoms with Crippen molar-refractivity contribution in [1.29, 1.82) is 5.26 Å². The van der Waals surface area contributed by atoms with Crippen molar-refractivity contribution in [2.24, 2.45) is 0 Å². The summed E-state index contributed by atoms with van der Waals surface area (Å²) in [5.74, 6) is 0.372. The van der Waals surface area contributed by atoms with E-state index in [1.807, 2.05) is 18.2 Å². The topological polar surface area (TPSA) is 121 Å². The molecule has 0 unspecified atom stereocenters. The Morgan fingerprint density at radius 2 is 2.09 bits per heavy atom. The van der Waals surface area contributed by atoms with Crippen molar-refractivity contribution in [3.63, 3.8) is 0 Å². The second kappa shape index (κ2) is 10.7. The Morgan fingerprint density at radius 1 is 1.31 bits per heavy atom. The number of carbonyl (C=O) groups excluding carboxylic acids is 1. The molecule has 1 aliphatic rings. The van der Waals surface area contributed by atoms with E-state index in [2.05, 4.69) is 21.3 Å². The van der Waals surface area contributed by atoms with Gasteiger partial charge in [0, 0.05) is 48.9 Å². The minimum Gasteiger partial charge on any atom is -0.497 e. The van der Waals surface area contributed by atoms with Crippen molar-refractivity contribution in [3.8, 4) is 11.8 Å². The predicted molar refractivity (Wildman–Crippen MR) is 132 cm³/mol. The quantitative estimate of drug-likeness (QED) is 0.388. The van der Waals surface area contributed by atoms with Crippen LogP contribution in [0.25, 0.3) is 10.9 Å². The monoisotopic (exact) mass is 493 g/mol. The molecule has 2 aromatic carbocycles. The van der Waals surface area contributed by atoms with Crippen molar-refractivity contribution in [2.45, 2.75) is 25.3 Å². The molecule has 0 atom stereocenters. The van der Waals surface area contributed by atoms with Gasteiger partial charge < -0.3 is 15.0 Å². The van der Waals surface area contributed by atoms with Gasteiger partial charge in [0.05, 0.1) is 23.1 Å². The first-order valence-corrected chi connectivity index (χ1v) is 11.6. The van der Waals surface area contributed by atoms with E-state index in [1.165, 1.54) is 18.2 Å².